The van der Waals surface area contributed by atoms with E-state index in [-0.39, 0.29) is 18.4 Å². The van der Waals surface area contributed by atoms with Crippen LogP contribution in [0.2, 0.25) is 0 Å². The van der Waals surface area contributed by atoms with Crippen LogP contribution in [0, 0.1) is 0 Å². The molecular formula is C26H34N4O4S. The standard InChI is InChI=1S/C26H34N4O4S/c1-6-20-23(25(32)34-5)24(19-9-7-8-10-21(19)33-4)30-18(16-35-26(30)27-20)15-22(31)29(3)17-11-13-28(2)14-12-17/h7-10,16-17,24H,6,11-15H2,1-5H3. The number of fused-ring (bicyclic) bond motifs is 1. The maximum Gasteiger partial charge on any atom is 0.338 e. The van der Waals surface area contributed by atoms with Gasteiger partial charge in [0.1, 0.15) is 5.75 Å². The maximum absolute atomic E-state index is 13.4. The Morgan fingerprint density at radius 1 is 1.20 bits per heavy atom. The minimum atomic E-state index is -0.497. The van der Waals surface area contributed by atoms with Crippen molar-refractivity contribution in [3.05, 3.63) is 52.2 Å². The maximum atomic E-state index is 13.4. The number of methoxy groups -OCH3 is 2. The van der Waals surface area contributed by atoms with E-state index in [4.69, 9.17) is 14.5 Å². The largest absolute Gasteiger partial charge is 0.496 e. The molecular weight excluding hydrogens is 464 g/mol. The number of esters is 1. The highest BCUT2D eigenvalue weighted by molar-refractivity contribution is 8.16. The van der Waals surface area contributed by atoms with Gasteiger partial charge in [-0.2, -0.15) is 0 Å². The molecule has 0 aliphatic carbocycles. The van der Waals surface area contributed by atoms with E-state index in [1.165, 1.54) is 18.9 Å². The first kappa shape index (κ1) is 25.3. The fourth-order valence-corrected chi connectivity index (χ4v) is 5.90. The molecule has 9 heteroatoms. The zero-order valence-corrected chi connectivity index (χ0v) is 21.9. The van der Waals surface area contributed by atoms with Gasteiger partial charge < -0.3 is 24.2 Å². The first-order chi connectivity index (χ1) is 16.9. The van der Waals surface area contributed by atoms with Crippen LogP contribution in [-0.4, -0.2) is 79.2 Å². The van der Waals surface area contributed by atoms with Crippen molar-refractivity contribution < 1.29 is 19.1 Å². The van der Waals surface area contributed by atoms with Crippen LogP contribution in [-0.2, 0) is 14.3 Å². The number of amidine groups is 1. The molecule has 0 spiro atoms. The summed E-state index contributed by atoms with van der Waals surface area (Å²) >= 11 is 1.49. The average Bonchev–Trinajstić information content (AvgIpc) is 3.29. The van der Waals surface area contributed by atoms with Gasteiger partial charge in [0.15, 0.2) is 5.17 Å². The number of hydrogen-bond acceptors (Lipinski definition) is 8. The Bertz CT molecular complexity index is 1070. The molecule has 188 valence electrons. The Morgan fingerprint density at radius 3 is 2.57 bits per heavy atom. The fourth-order valence-electron chi connectivity index (χ4n) is 4.96. The Labute approximate surface area is 211 Å². The van der Waals surface area contributed by atoms with Crippen molar-refractivity contribution >= 4 is 28.8 Å². The van der Waals surface area contributed by atoms with E-state index in [1.54, 1.807) is 7.11 Å². The van der Waals surface area contributed by atoms with Crippen LogP contribution >= 0.6 is 11.8 Å². The minimum Gasteiger partial charge on any atom is -0.496 e. The third kappa shape index (κ3) is 4.97. The molecule has 1 aromatic carbocycles. The summed E-state index contributed by atoms with van der Waals surface area (Å²) in [6, 6.07) is 7.41. The third-order valence-electron chi connectivity index (χ3n) is 7.02. The number of allylic oxidation sites excluding steroid dienone is 1. The molecule has 1 unspecified atom stereocenters. The highest BCUT2D eigenvalue weighted by Crippen LogP contribution is 2.47. The number of piperidine rings is 1. The number of nitrogens with zero attached hydrogens (tertiary/aromatic N) is 4. The second-order valence-corrected chi connectivity index (χ2v) is 9.89. The van der Waals surface area contributed by atoms with E-state index in [0.29, 0.717) is 23.4 Å². The quantitative estimate of drug-likeness (QED) is 0.530. The molecule has 1 amide bonds. The summed E-state index contributed by atoms with van der Waals surface area (Å²) in [5.41, 5.74) is 2.83. The molecule has 0 radical (unpaired) electrons. The Kier molecular flexibility index (Phi) is 7.86. The van der Waals surface area contributed by atoms with E-state index in [1.807, 2.05) is 53.4 Å². The molecule has 1 atom stereocenters. The van der Waals surface area contributed by atoms with Gasteiger partial charge in [0.05, 0.1) is 38.0 Å². The average molecular weight is 499 g/mol. The number of ether oxygens (including phenoxy) is 2. The van der Waals surface area contributed by atoms with Crippen LogP contribution in [0.1, 0.15) is 44.2 Å². The van der Waals surface area contributed by atoms with Gasteiger partial charge in [0.2, 0.25) is 5.91 Å². The monoisotopic (exact) mass is 498 g/mol. The molecule has 3 aliphatic heterocycles. The molecule has 3 aliphatic rings. The summed E-state index contributed by atoms with van der Waals surface area (Å²) in [7, 11) is 7.02. The predicted molar refractivity (Wildman–Crippen MR) is 138 cm³/mol. The van der Waals surface area contributed by atoms with Gasteiger partial charge in [-0.05, 0) is 50.9 Å². The number of thioether (sulfide) groups is 1. The number of rotatable bonds is 7. The van der Waals surface area contributed by atoms with Gasteiger partial charge in [-0.25, -0.2) is 9.79 Å². The first-order valence-corrected chi connectivity index (χ1v) is 12.9. The van der Waals surface area contributed by atoms with Crippen LogP contribution in [0.3, 0.4) is 0 Å². The molecule has 0 saturated carbocycles. The Hall–Kier alpha value is -2.78. The van der Waals surface area contributed by atoms with Crippen molar-refractivity contribution in [3.63, 3.8) is 0 Å². The SMILES string of the molecule is CCC1=C(C(=O)OC)C(c2ccccc2OC)N2C(CC(=O)N(C)C3CCN(C)CC3)=CSC2=N1. The number of amides is 1. The Morgan fingerprint density at radius 2 is 1.91 bits per heavy atom. The van der Waals surface area contributed by atoms with Crippen molar-refractivity contribution in [1.29, 1.82) is 0 Å². The van der Waals surface area contributed by atoms with Crippen LogP contribution in [0.4, 0.5) is 0 Å². The van der Waals surface area contributed by atoms with Crippen molar-refractivity contribution in [2.24, 2.45) is 4.99 Å². The van der Waals surface area contributed by atoms with Gasteiger partial charge in [0, 0.05) is 24.4 Å². The number of para-hydroxylation sites is 1. The summed E-state index contributed by atoms with van der Waals surface area (Å²) < 4.78 is 10.9. The fraction of sp³-hybridized carbons (Fsp3) is 0.500. The van der Waals surface area contributed by atoms with E-state index >= 15 is 0 Å². The smallest absolute Gasteiger partial charge is 0.338 e. The number of benzene rings is 1. The predicted octanol–water partition coefficient (Wildman–Crippen LogP) is 3.78. The molecule has 0 aromatic heterocycles. The van der Waals surface area contributed by atoms with Crippen molar-refractivity contribution in [2.75, 3.05) is 41.4 Å². The van der Waals surface area contributed by atoms with Gasteiger partial charge in [-0.15, -0.1) is 0 Å². The second-order valence-electron chi connectivity index (χ2n) is 9.06. The van der Waals surface area contributed by atoms with E-state index < -0.39 is 12.0 Å². The number of aliphatic imine (C=N–C) groups is 1. The van der Waals surface area contributed by atoms with Crippen LogP contribution < -0.4 is 4.74 Å². The zero-order chi connectivity index (χ0) is 25.1. The summed E-state index contributed by atoms with van der Waals surface area (Å²) in [5.74, 6) is 0.310. The topological polar surface area (TPSA) is 74.7 Å². The molecule has 8 nitrogen and oxygen atoms in total. The normalized spacial score (nSPS) is 20.8. The molecule has 1 aromatic rings. The molecule has 1 saturated heterocycles. The van der Waals surface area contributed by atoms with Crippen LogP contribution in [0.25, 0.3) is 0 Å². The summed E-state index contributed by atoms with van der Waals surface area (Å²) in [4.78, 5) is 37.4. The van der Waals surface area contributed by atoms with Crippen LogP contribution in [0.15, 0.2) is 51.6 Å². The van der Waals surface area contributed by atoms with Crippen LogP contribution in [0.5, 0.6) is 5.75 Å². The lowest BCUT2D eigenvalue weighted by Gasteiger charge is -2.38. The molecule has 1 fully saturated rings. The van der Waals surface area contributed by atoms with E-state index in [2.05, 4.69) is 11.9 Å². The lowest BCUT2D eigenvalue weighted by Crippen LogP contribution is -2.45. The van der Waals surface area contributed by atoms with Gasteiger partial charge in [-0.3, -0.25) is 4.79 Å². The molecule has 4 rings (SSSR count). The Balaban J connectivity index is 1.68. The lowest BCUT2D eigenvalue weighted by atomic mass is 9.92. The molecule has 35 heavy (non-hydrogen) atoms. The van der Waals surface area contributed by atoms with E-state index in [0.717, 1.165) is 42.4 Å². The molecule has 0 N–H and O–H groups in total. The summed E-state index contributed by atoms with van der Waals surface area (Å²) in [6.45, 7) is 3.96. The number of hydrogen-bond donors (Lipinski definition) is 0. The van der Waals surface area contributed by atoms with E-state index in [9.17, 15) is 9.59 Å². The van der Waals surface area contributed by atoms with Crippen molar-refractivity contribution in [2.45, 2.75) is 44.7 Å². The molecule has 0 bridgehead atoms. The number of likely N-dealkylation sites (tertiary alicyclic amines) is 1. The number of carbonyl (C=O) groups is 2. The highest BCUT2D eigenvalue weighted by Gasteiger charge is 2.43. The molecule has 3 heterocycles. The number of carbonyl (C=O) groups excluding carboxylic acids is 2. The van der Waals surface area contributed by atoms with Gasteiger partial charge in [-0.1, -0.05) is 36.9 Å². The minimum absolute atomic E-state index is 0.0660. The van der Waals surface area contributed by atoms with Gasteiger partial charge >= 0.3 is 5.97 Å². The summed E-state index contributed by atoms with van der Waals surface area (Å²) in [6.07, 6.45) is 2.77. The second kappa shape index (κ2) is 10.9. The highest BCUT2D eigenvalue weighted by atomic mass is 32.2. The first-order valence-electron chi connectivity index (χ1n) is 12.0. The lowest BCUT2D eigenvalue weighted by molar-refractivity contribution is -0.136. The van der Waals surface area contributed by atoms with Crippen molar-refractivity contribution in [1.82, 2.24) is 14.7 Å². The zero-order valence-electron chi connectivity index (χ0n) is 21.1. The third-order valence-corrected chi connectivity index (χ3v) is 7.91. The summed E-state index contributed by atoms with van der Waals surface area (Å²) in [5, 5.41) is 2.74. The van der Waals surface area contributed by atoms with Crippen molar-refractivity contribution in [3.8, 4) is 5.75 Å². The van der Waals surface area contributed by atoms with Gasteiger partial charge in [0.25, 0.3) is 0 Å².